The van der Waals surface area contributed by atoms with Gasteiger partial charge in [0.15, 0.2) is 0 Å². The number of aliphatic hydroxyl groups is 3. The molecule has 0 amide bonds. The molecule has 0 saturated carbocycles. The molecule has 2 heterocycles. The predicted molar refractivity (Wildman–Crippen MR) is 65.0 cm³/mol. The second-order valence-corrected chi connectivity index (χ2v) is 4.36. The fraction of sp³-hybridized carbons (Fsp3) is 0.636. The van der Waals surface area contributed by atoms with Gasteiger partial charge in [-0.15, -0.1) is 0 Å². The van der Waals surface area contributed by atoms with Crippen molar-refractivity contribution in [2.45, 2.75) is 31.0 Å². The zero-order valence-corrected chi connectivity index (χ0v) is 10.7. The van der Waals surface area contributed by atoms with E-state index in [4.69, 9.17) is 14.6 Å². The van der Waals surface area contributed by atoms with Crippen molar-refractivity contribution in [2.75, 3.05) is 13.2 Å². The number of rotatable bonds is 4. The first-order valence-electron chi connectivity index (χ1n) is 6.07. The lowest BCUT2D eigenvalue weighted by Gasteiger charge is -2.30. The molecule has 4 atom stereocenters. The van der Waals surface area contributed by atoms with Gasteiger partial charge in [0.05, 0.1) is 12.2 Å². The van der Waals surface area contributed by atoms with Crippen LogP contribution in [-0.4, -0.2) is 56.8 Å². The third-order valence-electron chi connectivity index (χ3n) is 3.15. The van der Waals surface area contributed by atoms with Crippen LogP contribution >= 0.6 is 0 Å². The first-order chi connectivity index (χ1) is 9.46. The fourth-order valence-electron chi connectivity index (χ4n) is 2.24. The molecule has 0 aliphatic carbocycles. The van der Waals surface area contributed by atoms with E-state index in [-0.39, 0.29) is 12.2 Å². The number of H-pyrrole nitrogens is 2. The number of aromatic amines is 2. The predicted octanol–water partition coefficient (Wildman–Crippen LogP) is -2.63. The summed E-state index contributed by atoms with van der Waals surface area (Å²) in [7, 11) is 0. The van der Waals surface area contributed by atoms with Gasteiger partial charge in [0, 0.05) is 12.8 Å². The van der Waals surface area contributed by atoms with Crippen molar-refractivity contribution in [3.8, 4) is 0 Å². The van der Waals surface area contributed by atoms with Gasteiger partial charge < -0.3 is 29.8 Å². The van der Waals surface area contributed by atoms with Gasteiger partial charge in [-0.25, -0.2) is 4.79 Å². The van der Waals surface area contributed by atoms with Crippen LogP contribution in [0.2, 0.25) is 0 Å². The van der Waals surface area contributed by atoms with Gasteiger partial charge in [0.25, 0.3) is 5.56 Å². The normalized spacial score (nSPS) is 33.5. The van der Waals surface area contributed by atoms with Crippen molar-refractivity contribution in [3.63, 3.8) is 0 Å². The molecule has 9 nitrogen and oxygen atoms in total. The van der Waals surface area contributed by atoms with E-state index in [2.05, 4.69) is 4.98 Å². The Morgan fingerprint density at radius 3 is 2.65 bits per heavy atom. The Hall–Kier alpha value is -1.52. The Balaban J connectivity index is 2.55. The van der Waals surface area contributed by atoms with Crippen LogP contribution in [0.4, 0.5) is 0 Å². The van der Waals surface area contributed by atoms with E-state index in [0.29, 0.717) is 0 Å². The van der Waals surface area contributed by atoms with Crippen LogP contribution in [0.25, 0.3) is 0 Å². The summed E-state index contributed by atoms with van der Waals surface area (Å²) in [4.78, 5) is 27.1. The maximum Gasteiger partial charge on any atom is 0.325 e. The third kappa shape index (κ3) is 2.19. The lowest BCUT2D eigenvalue weighted by Crippen LogP contribution is -2.47. The van der Waals surface area contributed by atoms with E-state index in [1.54, 1.807) is 6.92 Å². The van der Waals surface area contributed by atoms with Crippen LogP contribution in [0.5, 0.6) is 0 Å². The average molecular weight is 288 g/mol. The standard InChI is InChI=1S/C11H16N2O7/c1-2-19-11(5-3-12-10(18)13-9(5)17)8(16)7(15)6(4-14)20-11/h3,6-8,14-16H,2,4H2,1H3,(H2,12,13,17,18)/t6-,7-,8-,11+/m1/s1. The largest absolute Gasteiger partial charge is 0.394 e. The molecule has 1 aromatic rings. The molecule has 1 aliphatic rings. The van der Waals surface area contributed by atoms with Crippen LogP contribution in [0, 0.1) is 0 Å². The first kappa shape index (κ1) is 14.9. The van der Waals surface area contributed by atoms with E-state index < -0.39 is 42.0 Å². The van der Waals surface area contributed by atoms with Crippen molar-refractivity contribution in [3.05, 3.63) is 32.6 Å². The van der Waals surface area contributed by atoms with Gasteiger partial charge in [0.1, 0.15) is 18.3 Å². The number of hydrogen-bond donors (Lipinski definition) is 5. The van der Waals surface area contributed by atoms with Crippen molar-refractivity contribution in [2.24, 2.45) is 0 Å². The number of aliphatic hydroxyl groups excluding tert-OH is 3. The van der Waals surface area contributed by atoms with Gasteiger partial charge in [-0.2, -0.15) is 0 Å². The second-order valence-electron chi connectivity index (χ2n) is 4.36. The van der Waals surface area contributed by atoms with E-state index in [1.807, 2.05) is 4.98 Å². The minimum Gasteiger partial charge on any atom is -0.394 e. The molecule has 0 spiro atoms. The van der Waals surface area contributed by atoms with Crippen LogP contribution in [0.3, 0.4) is 0 Å². The molecular formula is C11H16N2O7. The Labute approximate surface area is 112 Å². The lowest BCUT2D eigenvalue weighted by molar-refractivity contribution is -0.269. The molecule has 0 unspecified atom stereocenters. The van der Waals surface area contributed by atoms with E-state index in [0.717, 1.165) is 6.20 Å². The Kier molecular flexibility index (Phi) is 4.06. The zero-order valence-electron chi connectivity index (χ0n) is 10.7. The van der Waals surface area contributed by atoms with E-state index >= 15 is 0 Å². The SMILES string of the molecule is CCO[C@@]1(c2c[nH]c(=O)[nH]c2=O)O[C@H](CO)[C@@H](O)[C@H]1O. The fourth-order valence-corrected chi connectivity index (χ4v) is 2.24. The Morgan fingerprint density at radius 1 is 1.45 bits per heavy atom. The maximum absolute atomic E-state index is 11.9. The lowest BCUT2D eigenvalue weighted by atomic mass is 9.99. The minimum atomic E-state index is -1.95. The summed E-state index contributed by atoms with van der Waals surface area (Å²) < 4.78 is 10.7. The zero-order chi connectivity index (χ0) is 14.9. The number of hydrogen-bond acceptors (Lipinski definition) is 7. The minimum absolute atomic E-state index is 0.0699. The molecule has 0 bridgehead atoms. The summed E-state index contributed by atoms with van der Waals surface area (Å²) in [6.07, 6.45) is -3.08. The first-order valence-corrected chi connectivity index (χ1v) is 6.07. The molecular weight excluding hydrogens is 272 g/mol. The Bertz CT molecular complexity index is 583. The quantitative estimate of drug-likeness (QED) is 0.407. The van der Waals surface area contributed by atoms with E-state index in [9.17, 15) is 19.8 Å². The highest BCUT2D eigenvalue weighted by atomic mass is 16.7. The van der Waals surface area contributed by atoms with Crippen molar-refractivity contribution in [1.82, 2.24) is 9.97 Å². The molecule has 2 rings (SSSR count). The van der Waals surface area contributed by atoms with Crippen LogP contribution in [0.15, 0.2) is 15.8 Å². The molecule has 1 saturated heterocycles. The molecule has 0 aromatic carbocycles. The van der Waals surface area contributed by atoms with Gasteiger partial charge in [0.2, 0.25) is 5.79 Å². The summed E-state index contributed by atoms with van der Waals surface area (Å²) in [5.74, 6) is -1.95. The average Bonchev–Trinajstić information content (AvgIpc) is 2.65. The van der Waals surface area contributed by atoms with Crippen LogP contribution in [0.1, 0.15) is 12.5 Å². The summed E-state index contributed by atoms with van der Waals surface area (Å²) in [6, 6.07) is 0. The molecule has 9 heteroatoms. The molecule has 1 aromatic heterocycles. The number of ether oxygens (including phenoxy) is 2. The van der Waals surface area contributed by atoms with Crippen molar-refractivity contribution < 1.29 is 24.8 Å². The highest BCUT2D eigenvalue weighted by Gasteiger charge is 2.57. The van der Waals surface area contributed by atoms with Gasteiger partial charge >= 0.3 is 5.69 Å². The summed E-state index contributed by atoms with van der Waals surface area (Å²) >= 11 is 0. The smallest absolute Gasteiger partial charge is 0.325 e. The van der Waals surface area contributed by atoms with Crippen molar-refractivity contribution in [1.29, 1.82) is 0 Å². The van der Waals surface area contributed by atoms with Crippen molar-refractivity contribution >= 4 is 0 Å². The van der Waals surface area contributed by atoms with Gasteiger partial charge in [-0.3, -0.25) is 9.78 Å². The third-order valence-corrected chi connectivity index (χ3v) is 3.15. The monoisotopic (exact) mass is 288 g/mol. The summed E-state index contributed by atoms with van der Waals surface area (Å²) in [5, 5.41) is 29.1. The number of nitrogens with one attached hydrogen (secondary N) is 2. The number of aromatic nitrogens is 2. The molecule has 1 aliphatic heterocycles. The van der Waals surface area contributed by atoms with Crippen LogP contribution in [-0.2, 0) is 15.3 Å². The van der Waals surface area contributed by atoms with Gasteiger partial charge in [-0.05, 0) is 6.92 Å². The molecule has 1 fully saturated rings. The highest BCUT2D eigenvalue weighted by Crippen LogP contribution is 2.39. The highest BCUT2D eigenvalue weighted by molar-refractivity contribution is 5.18. The van der Waals surface area contributed by atoms with Gasteiger partial charge in [-0.1, -0.05) is 0 Å². The second kappa shape index (κ2) is 5.46. The van der Waals surface area contributed by atoms with Crippen LogP contribution < -0.4 is 11.2 Å². The summed E-state index contributed by atoms with van der Waals surface area (Å²) in [5.41, 5.74) is -1.73. The van der Waals surface area contributed by atoms with E-state index in [1.165, 1.54) is 0 Å². The summed E-state index contributed by atoms with van der Waals surface area (Å²) in [6.45, 7) is 1.12. The Morgan fingerprint density at radius 2 is 2.15 bits per heavy atom. The topological polar surface area (TPSA) is 145 Å². The molecule has 0 radical (unpaired) electrons. The maximum atomic E-state index is 11.9. The molecule has 5 N–H and O–H groups in total. The molecule has 112 valence electrons. The molecule has 20 heavy (non-hydrogen) atoms.